The maximum absolute atomic E-state index is 12.6. The van der Waals surface area contributed by atoms with Crippen LogP contribution < -0.4 is 5.32 Å². The van der Waals surface area contributed by atoms with Crippen LogP contribution in [0.3, 0.4) is 0 Å². The molecule has 27 heavy (non-hydrogen) atoms. The summed E-state index contributed by atoms with van der Waals surface area (Å²) in [6.45, 7) is 6.34. The molecule has 1 amide bonds. The number of benzene rings is 1. The lowest BCUT2D eigenvalue weighted by molar-refractivity contribution is -0.115. The highest BCUT2D eigenvalue weighted by Gasteiger charge is 2.22. The summed E-state index contributed by atoms with van der Waals surface area (Å²) in [5.41, 5.74) is 1.82. The number of nitrogens with zero attached hydrogens (tertiary/aromatic N) is 4. The Morgan fingerprint density at radius 2 is 2.15 bits per heavy atom. The molecule has 1 aromatic carbocycles. The molecule has 0 aliphatic carbocycles. The number of rotatable bonds is 6. The molecule has 7 nitrogen and oxygen atoms in total. The number of carbonyl (C=O) groups is 1. The molecule has 0 spiro atoms. The van der Waals surface area contributed by atoms with Gasteiger partial charge in [0.2, 0.25) is 5.91 Å². The van der Waals surface area contributed by atoms with Gasteiger partial charge in [0.05, 0.1) is 28.3 Å². The Hall–Kier alpha value is -3.05. The highest BCUT2D eigenvalue weighted by Crippen LogP contribution is 2.29. The van der Waals surface area contributed by atoms with Crippen LogP contribution in [0.4, 0.5) is 5.69 Å². The first-order valence-corrected chi connectivity index (χ1v) is 9.37. The first kappa shape index (κ1) is 18.7. The summed E-state index contributed by atoms with van der Waals surface area (Å²) in [5.74, 6) is 1.29. The van der Waals surface area contributed by atoms with Crippen LogP contribution in [-0.4, -0.2) is 25.9 Å². The van der Waals surface area contributed by atoms with Gasteiger partial charge in [0, 0.05) is 6.54 Å². The van der Waals surface area contributed by atoms with Crippen molar-refractivity contribution in [1.29, 1.82) is 5.26 Å². The fourth-order valence-corrected chi connectivity index (χ4v) is 3.53. The number of furan rings is 1. The summed E-state index contributed by atoms with van der Waals surface area (Å²) < 4.78 is 7.31. The van der Waals surface area contributed by atoms with Crippen LogP contribution in [0, 0.1) is 18.3 Å². The van der Waals surface area contributed by atoms with Gasteiger partial charge < -0.3 is 14.3 Å². The maximum atomic E-state index is 12.6. The van der Waals surface area contributed by atoms with E-state index in [2.05, 4.69) is 21.6 Å². The summed E-state index contributed by atoms with van der Waals surface area (Å²) >= 11 is 1.32. The van der Waals surface area contributed by atoms with Crippen molar-refractivity contribution in [2.75, 3.05) is 5.32 Å². The zero-order valence-electron chi connectivity index (χ0n) is 15.3. The normalized spacial score (nSPS) is 11.8. The lowest BCUT2D eigenvalue weighted by Gasteiger charge is -2.13. The molecule has 1 N–H and O–H groups in total. The molecule has 0 aliphatic rings. The van der Waals surface area contributed by atoms with Crippen molar-refractivity contribution in [1.82, 2.24) is 14.8 Å². The third kappa shape index (κ3) is 3.88. The van der Waals surface area contributed by atoms with Crippen LogP contribution in [0.5, 0.6) is 0 Å². The lowest BCUT2D eigenvalue weighted by Crippen LogP contribution is -2.23. The molecule has 2 aromatic heterocycles. The molecule has 0 fully saturated rings. The summed E-state index contributed by atoms with van der Waals surface area (Å²) in [5, 5.41) is 20.7. The van der Waals surface area contributed by atoms with E-state index in [9.17, 15) is 4.79 Å². The number of carbonyl (C=O) groups excluding carboxylic acids is 1. The van der Waals surface area contributed by atoms with E-state index in [0.717, 1.165) is 11.3 Å². The van der Waals surface area contributed by atoms with Crippen molar-refractivity contribution in [2.45, 2.75) is 37.7 Å². The fraction of sp³-hybridized carbons (Fsp3) is 0.263. The molecule has 0 bridgehead atoms. The van der Waals surface area contributed by atoms with Gasteiger partial charge >= 0.3 is 0 Å². The number of anilines is 1. The molecular formula is C19H19N5O2S. The predicted octanol–water partition coefficient (Wildman–Crippen LogP) is 3.86. The predicted molar refractivity (Wildman–Crippen MR) is 103 cm³/mol. The Balaban J connectivity index is 1.77. The third-order valence-electron chi connectivity index (χ3n) is 4.09. The van der Waals surface area contributed by atoms with E-state index < -0.39 is 5.25 Å². The number of thioether (sulfide) groups is 1. The van der Waals surface area contributed by atoms with Crippen LogP contribution in [-0.2, 0) is 11.3 Å². The standard InChI is InChI=1S/C19H19N5O2S/c1-4-24-17(15-9-10-26-12(15)2)22-23-19(24)27-13(3)18(25)21-16-8-6-5-7-14(16)11-20/h5-10,13H,4H2,1-3H3,(H,21,25)/t13-/m0/s1. The number of aromatic nitrogens is 3. The van der Waals surface area contributed by atoms with Crippen molar-refractivity contribution in [3.8, 4) is 17.5 Å². The van der Waals surface area contributed by atoms with Gasteiger partial charge in [-0.1, -0.05) is 23.9 Å². The summed E-state index contributed by atoms with van der Waals surface area (Å²) in [4.78, 5) is 12.6. The average molecular weight is 381 g/mol. The Labute approximate surface area is 161 Å². The monoisotopic (exact) mass is 381 g/mol. The summed E-state index contributed by atoms with van der Waals surface area (Å²) in [7, 11) is 0. The number of para-hydroxylation sites is 1. The van der Waals surface area contributed by atoms with Crippen molar-refractivity contribution < 1.29 is 9.21 Å². The fourth-order valence-electron chi connectivity index (χ4n) is 2.61. The number of hydrogen-bond donors (Lipinski definition) is 1. The van der Waals surface area contributed by atoms with Crippen LogP contribution >= 0.6 is 11.8 Å². The van der Waals surface area contributed by atoms with Crippen LogP contribution in [0.2, 0.25) is 0 Å². The zero-order chi connectivity index (χ0) is 19.4. The van der Waals surface area contributed by atoms with Crippen molar-refractivity contribution >= 4 is 23.4 Å². The van der Waals surface area contributed by atoms with Crippen LogP contribution in [0.1, 0.15) is 25.2 Å². The number of amides is 1. The van der Waals surface area contributed by atoms with Gasteiger partial charge in [-0.05, 0) is 39.0 Å². The quantitative estimate of drug-likeness (QED) is 0.651. The lowest BCUT2D eigenvalue weighted by atomic mass is 10.2. The van der Waals surface area contributed by atoms with E-state index in [1.165, 1.54) is 11.8 Å². The number of aryl methyl sites for hydroxylation is 1. The average Bonchev–Trinajstić information content (AvgIpc) is 3.27. The highest BCUT2D eigenvalue weighted by atomic mass is 32.2. The Bertz CT molecular complexity index is 1000. The van der Waals surface area contributed by atoms with Gasteiger partial charge in [0.25, 0.3) is 0 Å². The molecule has 0 saturated heterocycles. The van der Waals surface area contributed by atoms with E-state index >= 15 is 0 Å². The molecule has 3 rings (SSSR count). The summed E-state index contributed by atoms with van der Waals surface area (Å²) in [6.07, 6.45) is 1.62. The molecule has 3 aromatic rings. The molecule has 0 radical (unpaired) electrons. The van der Waals surface area contributed by atoms with Gasteiger partial charge in [-0.3, -0.25) is 4.79 Å². The van der Waals surface area contributed by atoms with Crippen LogP contribution in [0.25, 0.3) is 11.4 Å². The number of nitrogens with one attached hydrogen (secondary N) is 1. The van der Waals surface area contributed by atoms with Gasteiger partial charge in [-0.15, -0.1) is 10.2 Å². The Morgan fingerprint density at radius 1 is 1.37 bits per heavy atom. The second-order valence-electron chi connectivity index (χ2n) is 5.85. The molecular weight excluding hydrogens is 362 g/mol. The number of hydrogen-bond acceptors (Lipinski definition) is 6. The van der Waals surface area contributed by atoms with Gasteiger partial charge in [0.15, 0.2) is 11.0 Å². The van der Waals surface area contributed by atoms with Crippen molar-refractivity contribution in [2.24, 2.45) is 0 Å². The van der Waals surface area contributed by atoms with E-state index in [4.69, 9.17) is 9.68 Å². The maximum Gasteiger partial charge on any atom is 0.237 e. The molecule has 0 aliphatic heterocycles. The molecule has 0 unspecified atom stereocenters. The minimum absolute atomic E-state index is 0.200. The van der Waals surface area contributed by atoms with Gasteiger partial charge in [0.1, 0.15) is 11.8 Å². The van der Waals surface area contributed by atoms with E-state index in [-0.39, 0.29) is 5.91 Å². The minimum atomic E-state index is -0.412. The first-order chi connectivity index (χ1) is 13.0. The second-order valence-corrected chi connectivity index (χ2v) is 7.16. The smallest absolute Gasteiger partial charge is 0.237 e. The third-order valence-corrected chi connectivity index (χ3v) is 5.17. The van der Waals surface area contributed by atoms with E-state index in [1.54, 1.807) is 37.5 Å². The molecule has 8 heteroatoms. The first-order valence-electron chi connectivity index (χ1n) is 8.49. The summed E-state index contributed by atoms with van der Waals surface area (Å²) in [6, 6.07) is 10.8. The van der Waals surface area contributed by atoms with Gasteiger partial charge in [-0.25, -0.2) is 0 Å². The molecule has 1 atom stereocenters. The second kappa shape index (κ2) is 8.10. The number of nitriles is 1. The molecule has 138 valence electrons. The largest absolute Gasteiger partial charge is 0.469 e. The Morgan fingerprint density at radius 3 is 2.81 bits per heavy atom. The highest BCUT2D eigenvalue weighted by molar-refractivity contribution is 8.00. The zero-order valence-corrected chi connectivity index (χ0v) is 16.1. The molecule has 2 heterocycles. The minimum Gasteiger partial charge on any atom is -0.469 e. The van der Waals surface area contributed by atoms with Gasteiger partial charge in [-0.2, -0.15) is 5.26 Å². The van der Waals surface area contributed by atoms with Crippen molar-refractivity contribution in [3.63, 3.8) is 0 Å². The SMILES string of the molecule is CCn1c(S[C@@H](C)C(=O)Nc2ccccc2C#N)nnc1-c1ccoc1C. The Kier molecular flexibility index (Phi) is 5.62. The van der Waals surface area contributed by atoms with E-state index in [1.807, 2.05) is 24.5 Å². The van der Waals surface area contributed by atoms with E-state index in [0.29, 0.717) is 28.8 Å². The van der Waals surface area contributed by atoms with Crippen molar-refractivity contribution in [3.05, 3.63) is 47.9 Å². The van der Waals surface area contributed by atoms with Crippen LogP contribution in [0.15, 0.2) is 46.2 Å². The molecule has 0 saturated carbocycles. The topological polar surface area (TPSA) is 96.7 Å².